The van der Waals surface area contributed by atoms with Crippen LogP contribution >= 0.6 is 0 Å². The van der Waals surface area contributed by atoms with Gasteiger partial charge in [0.05, 0.1) is 17.2 Å². The van der Waals surface area contributed by atoms with Gasteiger partial charge in [0.15, 0.2) is 46.5 Å². The number of rotatable bonds is 7. The molecule has 0 aromatic heterocycles. The molecule has 0 saturated heterocycles. The molecule has 5 aromatic carbocycles. The van der Waals surface area contributed by atoms with Crippen LogP contribution in [0.5, 0.6) is 0 Å². The SMILES string of the molecule is Fc1c(F)c(F)c(N(c2ccccc2)c2ccc(C3=CCC(N(c4ccccc4)c4c(F)c(F)c(F)c(F)c4F)C=C3C(F)(F)F)c(C(F)(F)F)c2)c(F)c1F. The second kappa shape index (κ2) is 14.6. The fourth-order valence-corrected chi connectivity index (χ4v) is 6.18. The van der Waals surface area contributed by atoms with Gasteiger partial charge in [-0.05, 0) is 60.0 Å². The molecule has 18 heteroatoms. The van der Waals surface area contributed by atoms with E-state index in [2.05, 4.69) is 0 Å². The van der Waals surface area contributed by atoms with E-state index < -0.39 is 128 Å². The second-order valence-electron chi connectivity index (χ2n) is 11.9. The average molecular weight is 807 g/mol. The minimum atomic E-state index is -5.58. The molecule has 0 heterocycles. The Morgan fingerprint density at radius 3 is 1.38 bits per heavy atom. The molecule has 292 valence electrons. The summed E-state index contributed by atoms with van der Waals surface area (Å²) in [4.78, 5) is 0.577. The van der Waals surface area contributed by atoms with Crippen LogP contribution in [0, 0.1) is 58.2 Å². The fourth-order valence-electron chi connectivity index (χ4n) is 6.18. The zero-order valence-corrected chi connectivity index (χ0v) is 27.4. The molecular weight excluding hydrogens is 788 g/mol. The molecule has 0 amide bonds. The lowest BCUT2D eigenvalue weighted by molar-refractivity contribution is -0.137. The molecule has 0 radical (unpaired) electrons. The first-order valence-corrected chi connectivity index (χ1v) is 15.7. The fraction of sp³-hybridized carbons (Fsp3) is 0.105. The number of alkyl halides is 6. The Kier molecular flexibility index (Phi) is 10.4. The Bertz CT molecular complexity index is 2330. The van der Waals surface area contributed by atoms with Gasteiger partial charge in [-0.15, -0.1) is 0 Å². The molecular formula is C38H18F16N2. The van der Waals surface area contributed by atoms with Crippen LogP contribution in [-0.4, -0.2) is 12.2 Å². The quantitative estimate of drug-likeness (QED) is 0.0918. The summed E-state index contributed by atoms with van der Waals surface area (Å²) in [5.41, 5.74) is -11.3. The van der Waals surface area contributed by atoms with Crippen molar-refractivity contribution in [2.45, 2.75) is 24.8 Å². The summed E-state index contributed by atoms with van der Waals surface area (Å²) >= 11 is 0. The molecule has 56 heavy (non-hydrogen) atoms. The van der Waals surface area contributed by atoms with Crippen LogP contribution in [-0.2, 0) is 6.18 Å². The summed E-state index contributed by atoms with van der Waals surface area (Å²) in [7, 11) is 0. The lowest BCUT2D eigenvalue weighted by Gasteiger charge is -2.35. The molecule has 1 unspecified atom stereocenters. The molecule has 2 nitrogen and oxygen atoms in total. The average Bonchev–Trinajstić information content (AvgIpc) is 3.17. The third-order valence-electron chi connectivity index (χ3n) is 8.59. The summed E-state index contributed by atoms with van der Waals surface area (Å²) in [5, 5.41) is 0. The van der Waals surface area contributed by atoms with Gasteiger partial charge in [0.2, 0.25) is 11.6 Å². The van der Waals surface area contributed by atoms with Gasteiger partial charge < -0.3 is 9.80 Å². The number of anilines is 5. The molecule has 1 aliphatic carbocycles. The third-order valence-corrected chi connectivity index (χ3v) is 8.59. The molecule has 1 atom stereocenters. The highest BCUT2D eigenvalue weighted by molar-refractivity contribution is 5.87. The monoisotopic (exact) mass is 806 g/mol. The maximum absolute atomic E-state index is 15.2. The minimum absolute atomic E-state index is 0.104. The van der Waals surface area contributed by atoms with Crippen LogP contribution in [0.3, 0.4) is 0 Å². The van der Waals surface area contributed by atoms with Crippen molar-refractivity contribution in [2.75, 3.05) is 9.80 Å². The molecule has 5 aromatic rings. The molecule has 1 aliphatic rings. The van der Waals surface area contributed by atoms with Crippen molar-refractivity contribution in [3.05, 3.63) is 166 Å². The zero-order valence-electron chi connectivity index (χ0n) is 27.4. The summed E-state index contributed by atoms with van der Waals surface area (Å²) in [6.07, 6.45) is -11.2. The lowest BCUT2D eigenvalue weighted by atomic mass is 9.86. The standard InChI is InChI=1S/C38H18F16N2/c39-25-27(41)31(45)35(32(46)28(25)42)55(17-7-3-1-4-8-17)19-11-13-21(23(15-19)37(49,50)51)22-14-12-20(16-24(22)38(52,53)54)56(18-9-5-2-6-10-18)36-33(47)29(43)26(40)30(44)34(36)48/h1-11,13-16,20H,12H2. The van der Waals surface area contributed by atoms with Gasteiger partial charge in [-0.2, -0.15) is 26.3 Å². The van der Waals surface area contributed by atoms with E-state index in [1.807, 2.05) is 0 Å². The molecule has 0 fully saturated rings. The highest BCUT2D eigenvalue weighted by atomic mass is 19.4. The molecule has 0 aliphatic heterocycles. The Balaban J connectivity index is 1.55. The highest BCUT2D eigenvalue weighted by Gasteiger charge is 2.44. The van der Waals surface area contributed by atoms with Crippen LogP contribution in [0.15, 0.2) is 96.6 Å². The number of halogens is 16. The number of benzene rings is 5. The predicted molar refractivity (Wildman–Crippen MR) is 171 cm³/mol. The third kappa shape index (κ3) is 6.92. The molecule has 0 spiro atoms. The van der Waals surface area contributed by atoms with Gasteiger partial charge in [-0.3, -0.25) is 0 Å². The van der Waals surface area contributed by atoms with E-state index in [9.17, 15) is 52.7 Å². The van der Waals surface area contributed by atoms with Crippen LogP contribution < -0.4 is 9.80 Å². The maximum atomic E-state index is 15.2. The van der Waals surface area contributed by atoms with Crippen molar-refractivity contribution in [2.24, 2.45) is 0 Å². The number of hydrogen-bond donors (Lipinski definition) is 0. The number of para-hydroxylation sites is 2. The Labute approximate surface area is 304 Å². The van der Waals surface area contributed by atoms with Crippen molar-refractivity contribution in [1.29, 1.82) is 0 Å². The number of nitrogens with zero attached hydrogens (tertiary/aromatic N) is 2. The topological polar surface area (TPSA) is 6.48 Å². The van der Waals surface area contributed by atoms with Gasteiger partial charge in [0.1, 0.15) is 11.4 Å². The normalized spacial score (nSPS) is 14.8. The maximum Gasteiger partial charge on any atom is 0.417 e. The molecule has 0 bridgehead atoms. The smallest absolute Gasteiger partial charge is 0.329 e. The summed E-state index contributed by atoms with van der Waals surface area (Å²) in [6.45, 7) is 0. The summed E-state index contributed by atoms with van der Waals surface area (Å²) < 4.78 is 235. The Morgan fingerprint density at radius 1 is 0.464 bits per heavy atom. The first kappa shape index (κ1) is 39.7. The molecule has 0 N–H and O–H groups in total. The van der Waals surface area contributed by atoms with Gasteiger partial charge in [-0.1, -0.05) is 48.5 Å². The minimum Gasteiger partial charge on any atom is -0.329 e. The van der Waals surface area contributed by atoms with Crippen molar-refractivity contribution in [3.63, 3.8) is 0 Å². The van der Waals surface area contributed by atoms with E-state index in [0.717, 1.165) is 24.3 Å². The summed E-state index contributed by atoms with van der Waals surface area (Å²) in [6, 6.07) is 10.9. The Hall–Kier alpha value is -5.94. The van der Waals surface area contributed by atoms with Gasteiger partial charge >= 0.3 is 12.4 Å². The van der Waals surface area contributed by atoms with Gasteiger partial charge in [0, 0.05) is 17.1 Å². The second-order valence-corrected chi connectivity index (χ2v) is 11.9. The van der Waals surface area contributed by atoms with Crippen LogP contribution in [0.1, 0.15) is 17.5 Å². The van der Waals surface area contributed by atoms with E-state index in [-0.39, 0.29) is 22.7 Å². The largest absolute Gasteiger partial charge is 0.417 e. The van der Waals surface area contributed by atoms with E-state index in [4.69, 9.17) is 0 Å². The van der Waals surface area contributed by atoms with Crippen molar-refractivity contribution >= 4 is 34.0 Å². The predicted octanol–water partition coefficient (Wildman–Crippen LogP) is 13.0. The van der Waals surface area contributed by atoms with Gasteiger partial charge in [0.25, 0.3) is 0 Å². The zero-order chi connectivity index (χ0) is 41.0. The van der Waals surface area contributed by atoms with E-state index in [1.165, 1.54) is 36.4 Å². The van der Waals surface area contributed by atoms with E-state index in [1.54, 1.807) is 0 Å². The number of hydrogen-bond acceptors (Lipinski definition) is 2. The van der Waals surface area contributed by atoms with Crippen LogP contribution in [0.2, 0.25) is 0 Å². The number of allylic oxidation sites excluding steroid dienone is 2. The Morgan fingerprint density at radius 2 is 0.911 bits per heavy atom. The van der Waals surface area contributed by atoms with Crippen molar-refractivity contribution in [1.82, 2.24) is 0 Å². The first-order chi connectivity index (χ1) is 26.2. The summed E-state index contributed by atoms with van der Waals surface area (Å²) in [5.74, 6) is -24.7. The van der Waals surface area contributed by atoms with Crippen molar-refractivity contribution < 1.29 is 70.2 Å². The molecule has 6 rings (SSSR count). The van der Waals surface area contributed by atoms with E-state index >= 15 is 17.6 Å². The van der Waals surface area contributed by atoms with Crippen LogP contribution in [0.25, 0.3) is 5.57 Å². The van der Waals surface area contributed by atoms with Crippen LogP contribution in [0.4, 0.5) is 98.7 Å². The lowest BCUT2D eigenvalue weighted by Crippen LogP contribution is -2.34. The van der Waals surface area contributed by atoms with E-state index in [0.29, 0.717) is 23.1 Å². The van der Waals surface area contributed by atoms with Gasteiger partial charge in [-0.25, -0.2) is 43.9 Å². The highest BCUT2D eigenvalue weighted by Crippen LogP contribution is 2.49. The first-order valence-electron chi connectivity index (χ1n) is 15.7. The van der Waals surface area contributed by atoms with Crippen molar-refractivity contribution in [3.8, 4) is 0 Å². The molecule has 0 saturated carbocycles.